The molecule has 0 radical (unpaired) electrons. The number of rotatable bonds is 22. The fourth-order valence-electron chi connectivity index (χ4n) is 3.57. The first-order valence-electron chi connectivity index (χ1n) is 12.2. The Morgan fingerprint density at radius 3 is 1.22 bits per heavy atom. The quantitative estimate of drug-likeness (QED) is 0.152. The fourth-order valence-corrected chi connectivity index (χ4v) is 3.57. The third-order valence-electron chi connectivity index (χ3n) is 5.34. The van der Waals surface area contributed by atoms with Gasteiger partial charge in [0.1, 0.15) is 0 Å². The van der Waals surface area contributed by atoms with Gasteiger partial charge in [0, 0.05) is 6.42 Å². The van der Waals surface area contributed by atoms with Gasteiger partial charge in [0.05, 0.1) is 6.61 Å². The predicted octanol–water partition coefficient (Wildman–Crippen LogP) is 7.88. The maximum atomic E-state index is 11.3. The largest absolute Gasteiger partial charge is 0.274 e. The zero-order valence-corrected chi connectivity index (χ0v) is 18.7. The topological polar surface area (TPSA) is 38.3 Å². The van der Waals surface area contributed by atoms with Crippen LogP contribution in [0.4, 0.5) is 0 Å². The molecule has 0 aromatic rings. The molecule has 0 bridgehead atoms. The van der Waals surface area contributed by atoms with Gasteiger partial charge in [-0.25, -0.2) is 5.48 Å². The highest BCUT2D eigenvalue weighted by atomic mass is 16.6. The number of hydrogen-bond donors (Lipinski definition) is 1. The third kappa shape index (κ3) is 23.4. The average molecular weight is 384 g/mol. The van der Waals surface area contributed by atoms with Crippen molar-refractivity contribution in [2.24, 2.45) is 0 Å². The van der Waals surface area contributed by atoms with Crippen LogP contribution in [0.25, 0.3) is 0 Å². The second kappa shape index (κ2) is 23.5. The Labute approximate surface area is 170 Å². The molecule has 0 aromatic carbocycles. The maximum absolute atomic E-state index is 11.3. The van der Waals surface area contributed by atoms with E-state index in [1.165, 1.54) is 109 Å². The molecule has 0 rings (SSSR count). The van der Waals surface area contributed by atoms with Crippen LogP contribution in [0.1, 0.15) is 142 Å². The Hall–Kier alpha value is -0.570. The Kier molecular flexibility index (Phi) is 23.0. The molecule has 1 N–H and O–H groups in total. The summed E-state index contributed by atoms with van der Waals surface area (Å²) in [5, 5.41) is 0. The van der Waals surface area contributed by atoms with E-state index in [1.807, 2.05) is 6.92 Å². The summed E-state index contributed by atoms with van der Waals surface area (Å²) < 4.78 is 0. The SMILES string of the molecule is CCCCCCCCCCCCCCCCCCCCCC(=O)NOCC. The molecule has 0 fully saturated rings. The van der Waals surface area contributed by atoms with Crippen molar-refractivity contribution in [1.29, 1.82) is 0 Å². The van der Waals surface area contributed by atoms with E-state index in [2.05, 4.69) is 12.4 Å². The van der Waals surface area contributed by atoms with Crippen molar-refractivity contribution in [3.63, 3.8) is 0 Å². The normalized spacial score (nSPS) is 11.0. The standard InChI is InChI=1S/C24H49NO2/c1-3-5-6-7-8-9-10-11-12-13-14-15-16-17-18-19-20-21-22-23-24(26)25-27-4-2/h3-23H2,1-2H3,(H,25,26). The van der Waals surface area contributed by atoms with Gasteiger partial charge < -0.3 is 0 Å². The van der Waals surface area contributed by atoms with Crippen LogP contribution in [0.15, 0.2) is 0 Å². The molecule has 0 aromatic heterocycles. The van der Waals surface area contributed by atoms with E-state index in [4.69, 9.17) is 4.84 Å². The molecule has 0 saturated carbocycles. The number of hydroxylamine groups is 1. The van der Waals surface area contributed by atoms with E-state index in [-0.39, 0.29) is 5.91 Å². The van der Waals surface area contributed by atoms with E-state index in [9.17, 15) is 4.79 Å². The number of hydrogen-bond acceptors (Lipinski definition) is 2. The lowest BCUT2D eigenvalue weighted by Gasteiger charge is -2.04. The Morgan fingerprint density at radius 2 is 0.889 bits per heavy atom. The zero-order valence-electron chi connectivity index (χ0n) is 18.7. The van der Waals surface area contributed by atoms with E-state index >= 15 is 0 Å². The Balaban J connectivity index is 3.04. The van der Waals surface area contributed by atoms with Crippen LogP contribution >= 0.6 is 0 Å². The van der Waals surface area contributed by atoms with Gasteiger partial charge in [0.2, 0.25) is 5.91 Å². The van der Waals surface area contributed by atoms with Crippen LogP contribution in [0.2, 0.25) is 0 Å². The first kappa shape index (κ1) is 26.4. The van der Waals surface area contributed by atoms with Crippen molar-refractivity contribution in [2.45, 2.75) is 142 Å². The van der Waals surface area contributed by atoms with Gasteiger partial charge in [0.25, 0.3) is 0 Å². The lowest BCUT2D eigenvalue weighted by molar-refractivity contribution is -0.133. The summed E-state index contributed by atoms with van der Waals surface area (Å²) in [6.07, 6.45) is 26.8. The van der Waals surface area contributed by atoms with Crippen LogP contribution < -0.4 is 5.48 Å². The van der Waals surface area contributed by atoms with Gasteiger partial charge >= 0.3 is 0 Å². The second-order valence-electron chi connectivity index (χ2n) is 8.07. The zero-order chi connectivity index (χ0) is 19.8. The molecular formula is C24H49NO2. The summed E-state index contributed by atoms with van der Waals surface area (Å²) in [6, 6.07) is 0. The van der Waals surface area contributed by atoms with Gasteiger partial charge in [-0.2, -0.15) is 0 Å². The molecule has 27 heavy (non-hydrogen) atoms. The minimum Gasteiger partial charge on any atom is -0.274 e. The average Bonchev–Trinajstić information content (AvgIpc) is 2.68. The molecule has 3 heteroatoms. The third-order valence-corrected chi connectivity index (χ3v) is 5.34. The van der Waals surface area contributed by atoms with E-state index in [0.29, 0.717) is 13.0 Å². The first-order valence-corrected chi connectivity index (χ1v) is 12.2. The molecule has 162 valence electrons. The summed E-state index contributed by atoms with van der Waals surface area (Å²) >= 11 is 0. The number of carbonyl (C=O) groups is 1. The minimum absolute atomic E-state index is 0.0174. The highest BCUT2D eigenvalue weighted by molar-refractivity contribution is 5.74. The van der Waals surface area contributed by atoms with Gasteiger partial charge in [-0.3, -0.25) is 9.63 Å². The molecule has 3 nitrogen and oxygen atoms in total. The van der Waals surface area contributed by atoms with Gasteiger partial charge in [-0.05, 0) is 13.3 Å². The molecular weight excluding hydrogens is 334 g/mol. The summed E-state index contributed by atoms with van der Waals surface area (Å²) in [5.41, 5.74) is 2.45. The summed E-state index contributed by atoms with van der Waals surface area (Å²) in [5.74, 6) is 0.0174. The maximum Gasteiger partial charge on any atom is 0.243 e. The van der Waals surface area contributed by atoms with Crippen LogP contribution in [0.3, 0.4) is 0 Å². The molecule has 0 aliphatic rings. The van der Waals surface area contributed by atoms with Gasteiger partial charge in [0.15, 0.2) is 0 Å². The smallest absolute Gasteiger partial charge is 0.243 e. The van der Waals surface area contributed by atoms with E-state index < -0.39 is 0 Å². The molecule has 0 atom stereocenters. The number of amides is 1. The van der Waals surface area contributed by atoms with E-state index in [1.54, 1.807) is 0 Å². The van der Waals surface area contributed by atoms with Crippen LogP contribution in [-0.4, -0.2) is 12.5 Å². The van der Waals surface area contributed by atoms with Crippen LogP contribution in [0, 0.1) is 0 Å². The molecule has 0 aliphatic heterocycles. The number of carbonyl (C=O) groups excluding carboxylic acids is 1. The van der Waals surface area contributed by atoms with Crippen molar-refractivity contribution in [3.8, 4) is 0 Å². The van der Waals surface area contributed by atoms with Crippen molar-refractivity contribution in [3.05, 3.63) is 0 Å². The second-order valence-corrected chi connectivity index (χ2v) is 8.07. The highest BCUT2D eigenvalue weighted by Gasteiger charge is 2.00. The van der Waals surface area contributed by atoms with Crippen LogP contribution in [-0.2, 0) is 9.63 Å². The van der Waals surface area contributed by atoms with Gasteiger partial charge in [-0.1, -0.05) is 122 Å². The van der Waals surface area contributed by atoms with Crippen LogP contribution in [0.5, 0.6) is 0 Å². The monoisotopic (exact) mass is 383 g/mol. The van der Waals surface area contributed by atoms with Crippen molar-refractivity contribution in [1.82, 2.24) is 5.48 Å². The highest BCUT2D eigenvalue weighted by Crippen LogP contribution is 2.14. The van der Waals surface area contributed by atoms with Crippen molar-refractivity contribution >= 4 is 5.91 Å². The molecule has 0 unspecified atom stereocenters. The molecule has 0 aliphatic carbocycles. The summed E-state index contributed by atoms with van der Waals surface area (Å²) in [7, 11) is 0. The van der Waals surface area contributed by atoms with Gasteiger partial charge in [-0.15, -0.1) is 0 Å². The first-order chi connectivity index (χ1) is 13.3. The molecule has 0 heterocycles. The molecule has 0 spiro atoms. The van der Waals surface area contributed by atoms with E-state index in [0.717, 1.165) is 12.8 Å². The fraction of sp³-hybridized carbons (Fsp3) is 0.958. The molecule has 1 amide bonds. The van der Waals surface area contributed by atoms with Crippen molar-refractivity contribution in [2.75, 3.05) is 6.61 Å². The summed E-state index contributed by atoms with van der Waals surface area (Å²) in [6.45, 7) is 4.69. The lowest BCUT2D eigenvalue weighted by Crippen LogP contribution is -2.23. The summed E-state index contributed by atoms with van der Waals surface area (Å²) in [4.78, 5) is 16.2. The minimum atomic E-state index is 0.0174. The van der Waals surface area contributed by atoms with Crippen molar-refractivity contribution < 1.29 is 9.63 Å². The predicted molar refractivity (Wildman–Crippen MR) is 118 cm³/mol. The molecule has 0 saturated heterocycles. The lowest BCUT2D eigenvalue weighted by atomic mass is 10.0. The Morgan fingerprint density at radius 1 is 0.556 bits per heavy atom. The Bertz CT molecular complexity index is 294. The number of nitrogens with one attached hydrogen (secondary N) is 1. The number of unbranched alkanes of at least 4 members (excludes halogenated alkanes) is 18.